The highest BCUT2D eigenvalue weighted by atomic mass is 15.0. The normalized spacial score (nSPS) is 12.1. The van der Waals surface area contributed by atoms with Crippen LogP contribution in [0, 0.1) is 0 Å². The molecule has 4 heteroatoms. The van der Waals surface area contributed by atoms with Gasteiger partial charge in [0.1, 0.15) is 0 Å². The number of benzene rings is 10. The first kappa shape index (κ1) is 35.0. The van der Waals surface area contributed by atoms with Crippen molar-refractivity contribution >= 4 is 87.2 Å². The van der Waals surface area contributed by atoms with Crippen LogP contribution in [0.4, 0.5) is 0 Å². The van der Waals surface area contributed by atoms with Crippen molar-refractivity contribution in [2.45, 2.75) is 0 Å². The van der Waals surface area contributed by atoms with Crippen LogP contribution < -0.4 is 0 Å². The predicted octanol–water partition coefficient (Wildman–Crippen LogP) is 15.7. The van der Waals surface area contributed by atoms with E-state index < -0.39 is 0 Å². The van der Waals surface area contributed by atoms with Gasteiger partial charge in [0.05, 0.1) is 44.1 Å². The topological polar surface area (TPSA) is 19.7 Å². The minimum absolute atomic E-state index is 1.13. The number of para-hydroxylation sites is 6. The third-order valence-electron chi connectivity index (χ3n) is 13.5. The largest absolute Gasteiger partial charge is 0.309 e. The van der Waals surface area contributed by atoms with Crippen LogP contribution in [-0.4, -0.2) is 18.3 Å². The number of aromatic nitrogens is 4. The van der Waals surface area contributed by atoms with Crippen molar-refractivity contribution in [1.29, 1.82) is 0 Å². The highest BCUT2D eigenvalue weighted by molar-refractivity contribution is 6.30. The zero-order valence-corrected chi connectivity index (χ0v) is 34.7. The Bertz CT molecular complexity index is 3910. The van der Waals surface area contributed by atoms with Gasteiger partial charge in [-0.15, -0.1) is 0 Å². The van der Waals surface area contributed by atoms with Gasteiger partial charge >= 0.3 is 0 Å². The van der Waals surface area contributed by atoms with E-state index in [4.69, 9.17) is 0 Å². The van der Waals surface area contributed by atoms with Crippen LogP contribution in [0.2, 0.25) is 0 Å². The van der Waals surface area contributed by atoms with Gasteiger partial charge < -0.3 is 18.3 Å². The molecule has 0 aliphatic rings. The molecule has 0 aliphatic carbocycles. The van der Waals surface area contributed by atoms with E-state index in [0.717, 1.165) is 22.7 Å². The maximum Gasteiger partial charge on any atom is 0.0548 e. The van der Waals surface area contributed by atoms with Crippen LogP contribution in [0.15, 0.2) is 231 Å². The van der Waals surface area contributed by atoms with Gasteiger partial charge in [0, 0.05) is 65.8 Å². The number of nitrogens with zero attached hydrogens (tertiary/aromatic N) is 4. The van der Waals surface area contributed by atoms with E-state index in [-0.39, 0.29) is 0 Å². The molecule has 0 fully saturated rings. The van der Waals surface area contributed by atoms with Crippen molar-refractivity contribution in [3.05, 3.63) is 231 Å². The minimum atomic E-state index is 1.13. The van der Waals surface area contributed by atoms with Crippen molar-refractivity contribution in [1.82, 2.24) is 18.3 Å². The molecule has 64 heavy (non-hydrogen) atoms. The van der Waals surface area contributed by atoms with Crippen LogP contribution >= 0.6 is 0 Å². The number of hydrogen-bond donors (Lipinski definition) is 0. The molecule has 10 aromatic carbocycles. The number of rotatable bonds is 5. The van der Waals surface area contributed by atoms with E-state index in [1.165, 1.54) is 98.4 Å². The highest BCUT2D eigenvalue weighted by Crippen LogP contribution is 2.45. The molecule has 0 spiro atoms. The lowest BCUT2D eigenvalue weighted by atomic mass is 10.0. The molecular weight excluding hydrogens is 777 g/mol. The Balaban J connectivity index is 0.958. The van der Waals surface area contributed by atoms with E-state index >= 15 is 0 Å². The van der Waals surface area contributed by atoms with Gasteiger partial charge in [-0.3, -0.25) is 0 Å². The third kappa shape index (κ3) is 4.88. The summed E-state index contributed by atoms with van der Waals surface area (Å²) < 4.78 is 9.73. The van der Waals surface area contributed by atoms with Crippen LogP contribution in [0.1, 0.15) is 0 Å². The fourth-order valence-corrected chi connectivity index (χ4v) is 11.0. The first-order chi connectivity index (χ1) is 31.8. The summed E-state index contributed by atoms with van der Waals surface area (Å²) in [6.45, 7) is 0. The average molecular weight is 815 g/mol. The molecule has 0 bridgehead atoms. The molecule has 0 amide bonds. The summed E-state index contributed by atoms with van der Waals surface area (Å²) in [5.74, 6) is 0. The SMILES string of the molecule is c1ccc(-n2c3ccccc3c3c4c5ccccc5n(-c5cccc(-c6cccc(-n7c8ccccc8c8c9c%10ccccc%10n(-c%10ccccc%10)c9ccc87)c6)c5)c4ccc32)cc1. The summed E-state index contributed by atoms with van der Waals surface area (Å²) in [5, 5.41) is 10.1. The van der Waals surface area contributed by atoms with Crippen molar-refractivity contribution in [2.24, 2.45) is 0 Å². The summed E-state index contributed by atoms with van der Waals surface area (Å²) in [4.78, 5) is 0. The van der Waals surface area contributed by atoms with Gasteiger partial charge in [-0.25, -0.2) is 0 Å². The second-order valence-corrected chi connectivity index (χ2v) is 16.9. The second-order valence-electron chi connectivity index (χ2n) is 16.9. The molecule has 0 aliphatic heterocycles. The van der Waals surface area contributed by atoms with E-state index in [1.807, 2.05) is 0 Å². The lowest BCUT2D eigenvalue weighted by Gasteiger charge is -2.13. The Hall–Kier alpha value is -8.60. The van der Waals surface area contributed by atoms with Gasteiger partial charge in [-0.2, -0.15) is 0 Å². The molecule has 4 heterocycles. The molecule has 0 saturated carbocycles. The quantitative estimate of drug-likeness (QED) is 0.165. The Morgan fingerprint density at radius 3 is 0.781 bits per heavy atom. The third-order valence-corrected chi connectivity index (χ3v) is 13.5. The molecule has 0 N–H and O–H groups in total. The second kappa shape index (κ2) is 13.4. The van der Waals surface area contributed by atoms with E-state index in [2.05, 4.69) is 249 Å². The Kier molecular flexibility index (Phi) is 7.36. The zero-order chi connectivity index (χ0) is 41.9. The summed E-state index contributed by atoms with van der Waals surface area (Å²) >= 11 is 0. The van der Waals surface area contributed by atoms with Gasteiger partial charge in [0.25, 0.3) is 0 Å². The van der Waals surface area contributed by atoms with Gasteiger partial charge in [-0.05, 0) is 108 Å². The molecule has 0 saturated heterocycles. The summed E-state index contributed by atoms with van der Waals surface area (Å²) in [7, 11) is 0. The van der Waals surface area contributed by atoms with E-state index in [0.29, 0.717) is 0 Å². The smallest absolute Gasteiger partial charge is 0.0548 e. The molecule has 4 nitrogen and oxygen atoms in total. The van der Waals surface area contributed by atoms with Gasteiger partial charge in [0.2, 0.25) is 0 Å². The van der Waals surface area contributed by atoms with Crippen LogP contribution in [-0.2, 0) is 0 Å². The summed E-state index contributed by atoms with van der Waals surface area (Å²) in [5.41, 5.74) is 16.5. The molecule has 0 atom stereocenters. The summed E-state index contributed by atoms with van der Waals surface area (Å²) in [6, 6.07) is 84.3. The molecule has 4 aromatic heterocycles. The lowest BCUT2D eigenvalue weighted by Crippen LogP contribution is -1.96. The van der Waals surface area contributed by atoms with Crippen molar-refractivity contribution < 1.29 is 0 Å². The summed E-state index contributed by atoms with van der Waals surface area (Å²) in [6.07, 6.45) is 0. The molecule has 0 radical (unpaired) electrons. The van der Waals surface area contributed by atoms with Crippen molar-refractivity contribution in [3.63, 3.8) is 0 Å². The molecule has 14 rings (SSSR count). The average Bonchev–Trinajstić information content (AvgIpc) is 4.09. The maximum atomic E-state index is 2.45. The first-order valence-corrected chi connectivity index (χ1v) is 22.0. The minimum Gasteiger partial charge on any atom is -0.309 e. The number of fused-ring (bicyclic) bond motifs is 14. The Labute approximate surface area is 368 Å². The van der Waals surface area contributed by atoms with E-state index in [1.54, 1.807) is 0 Å². The van der Waals surface area contributed by atoms with Gasteiger partial charge in [-0.1, -0.05) is 133 Å². The van der Waals surface area contributed by atoms with Gasteiger partial charge in [0.15, 0.2) is 0 Å². The fourth-order valence-electron chi connectivity index (χ4n) is 11.0. The molecule has 14 aromatic rings. The van der Waals surface area contributed by atoms with E-state index in [9.17, 15) is 0 Å². The highest BCUT2D eigenvalue weighted by Gasteiger charge is 2.22. The molecule has 298 valence electrons. The Morgan fingerprint density at radius 1 is 0.188 bits per heavy atom. The van der Waals surface area contributed by atoms with Crippen molar-refractivity contribution in [2.75, 3.05) is 0 Å². The first-order valence-electron chi connectivity index (χ1n) is 22.0. The van der Waals surface area contributed by atoms with Crippen LogP contribution in [0.5, 0.6) is 0 Å². The monoisotopic (exact) mass is 814 g/mol. The zero-order valence-electron chi connectivity index (χ0n) is 34.7. The molecular formula is C60H38N4. The van der Waals surface area contributed by atoms with Crippen molar-refractivity contribution in [3.8, 4) is 33.9 Å². The fraction of sp³-hybridized carbons (Fsp3) is 0. The Morgan fingerprint density at radius 2 is 0.453 bits per heavy atom. The predicted molar refractivity (Wildman–Crippen MR) is 269 cm³/mol. The molecule has 0 unspecified atom stereocenters. The number of hydrogen-bond acceptors (Lipinski definition) is 0. The maximum absolute atomic E-state index is 2.45. The standard InChI is InChI=1S/C60H38N4/c1-3-19-41(20-4-1)61-49-29-11-7-25-45(49)57-53(61)33-35-55-59(57)47-27-9-13-31-51(47)63(55)43-23-15-17-39(37-43)40-18-16-24-44(38-40)64-52-32-14-10-28-48(52)60-56(64)36-34-54-58(60)46-26-8-12-30-50(46)62(54)42-21-5-2-6-22-42/h1-38H. The lowest BCUT2D eigenvalue weighted by molar-refractivity contribution is 1.17. The van der Waals surface area contributed by atoms with Crippen LogP contribution in [0.25, 0.3) is 121 Å². The van der Waals surface area contributed by atoms with Crippen LogP contribution in [0.3, 0.4) is 0 Å².